The molecule has 6 heavy (non-hydrogen) atoms. The summed E-state index contributed by atoms with van der Waals surface area (Å²) in [6, 6.07) is 0. The van der Waals surface area contributed by atoms with Crippen LogP contribution in [-0.2, 0) is 0 Å². The van der Waals surface area contributed by atoms with Crippen LogP contribution >= 0.6 is 11.8 Å². The van der Waals surface area contributed by atoms with E-state index >= 15 is 0 Å². The van der Waals surface area contributed by atoms with Crippen LogP contribution < -0.4 is 5.73 Å². The summed E-state index contributed by atoms with van der Waals surface area (Å²) in [4.78, 5) is 9.78. The van der Waals surface area contributed by atoms with Gasteiger partial charge >= 0.3 is 0 Å². The molecule has 0 fully saturated rings. The first-order valence-electron chi connectivity index (χ1n) is 1.69. The molecule has 0 unspecified atom stereocenters. The zero-order valence-corrected chi connectivity index (χ0v) is 4.42. The minimum Gasteiger partial charge on any atom is -0.361 e. The monoisotopic (exact) mass is 105 g/mol. The molecule has 36 valence electrons. The molecule has 0 bridgehead atoms. The summed E-state index contributed by atoms with van der Waals surface area (Å²) in [6.45, 7) is 1.88. The van der Waals surface area contributed by atoms with E-state index in [-0.39, 0.29) is 5.24 Å². The fourth-order valence-corrected chi connectivity index (χ4v) is 0.427. The van der Waals surface area contributed by atoms with Crippen LogP contribution in [0.2, 0.25) is 0 Å². The van der Waals surface area contributed by atoms with E-state index in [9.17, 15) is 4.79 Å². The molecule has 2 N–H and O–H groups in total. The van der Waals surface area contributed by atoms with Gasteiger partial charge in [-0.1, -0.05) is 18.7 Å². The molecule has 0 spiro atoms. The summed E-state index contributed by atoms with van der Waals surface area (Å²) in [7, 11) is 0. The fourth-order valence-electron chi connectivity index (χ4n) is 0.142. The number of rotatable bonds is 1. The van der Waals surface area contributed by atoms with Crippen molar-refractivity contribution in [3.63, 3.8) is 0 Å². The second-order valence-electron chi connectivity index (χ2n) is 0.752. The van der Waals surface area contributed by atoms with Gasteiger partial charge in [-0.05, 0) is 5.75 Å². The lowest BCUT2D eigenvalue weighted by Gasteiger charge is -1.81. The van der Waals surface area contributed by atoms with Crippen molar-refractivity contribution < 1.29 is 4.79 Å². The Kier molecular flexibility index (Phi) is 2.94. The molecule has 0 aliphatic heterocycles. The third kappa shape index (κ3) is 3.82. The third-order valence-electron chi connectivity index (χ3n) is 0.287. The topological polar surface area (TPSA) is 43.1 Å². The molecule has 0 saturated carbocycles. The number of hydrogen-bond acceptors (Lipinski definition) is 2. The van der Waals surface area contributed by atoms with Crippen molar-refractivity contribution in [2.75, 3.05) is 5.75 Å². The summed E-state index contributed by atoms with van der Waals surface area (Å²) >= 11 is 1.12. The quantitative estimate of drug-likeness (QED) is 0.536. The highest BCUT2D eigenvalue weighted by molar-refractivity contribution is 8.13. The van der Waals surface area contributed by atoms with Gasteiger partial charge in [-0.25, -0.2) is 0 Å². The minimum absolute atomic E-state index is 0.294. The van der Waals surface area contributed by atoms with Gasteiger partial charge in [0.15, 0.2) is 0 Å². The Bertz CT molecular complexity index is 54.8. The number of primary amides is 1. The maximum atomic E-state index is 9.78. The van der Waals surface area contributed by atoms with Crippen molar-refractivity contribution in [1.29, 1.82) is 0 Å². The van der Waals surface area contributed by atoms with Crippen LogP contribution in [0.25, 0.3) is 0 Å². The molecule has 0 saturated heterocycles. The maximum Gasteiger partial charge on any atom is 0.276 e. The molecular weight excluding hydrogens is 98.1 g/mol. The van der Waals surface area contributed by atoms with Gasteiger partial charge in [-0.15, -0.1) is 0 Å². The van der Waals surface area contributed by atoms with Crippen molar-refractivity contribution in [3.05, 3.63) is 0 Å². The number of amides is 1. The van der Waals surface area contributed by atoms with Crippen LogP contribution in [0.4, 0.5) is 4.79 Å². The molecule has 0 atom stereocenters. The van der Waals surface area contributed by atoms with Gasteiger partial charge in [0, 0.05) is 0 Å². The smallest absolute Gasteiger partial charge is 0.276 e. The molecule has 0 aromatic heterocycles. The average molecular weight is 105 g/mol. The molecule has 1 amide bonds. The molecular formula is C3H7NOS. The fraction of sp³-hybridized carbons (Fsp3) is 0.667. The Balaban J connectivity index is 2.83. The zero-order valence-electron chi connectivity index (χ0n) is 3.60. The van der Waals surface area contributed by atoms with Gasteiger partial charge in [0.1, 0.15) is 0 Å². The van der Waals surface area contributed by atoms with Gasteiger partial charge in [-0.3, -0.25) is 4.79 Å². The number of carbonyl (C=O) groups is 1. The van der Waals surface area contributed by atoms with Crippen molar-refractivity contribution in [2.45, 2.75) is 6.92 Å². The van der Waals surface area contributed by atoms with Gasteiger partial charge < -0.3 is 5.73 Å². The highest BCUT2D eigenvalue weighted by atomic mass is 32.2. The first kappa shape index (κ1) is 5.82. The summed E-state index contributed by atoms with van der Waals surface area (Å²) in [5.74, 6) is 0.773. The van der Waals surface area contributed by atoms with Gasteiger partial charge in [-0.2, -0.15) is 0 Å². The second-order valence-corrected chi connectivity index (χ2v) is 2.02. The van der Waals surface area contributed by atoms with Gasteiger partial charge in [0.25, 0.3) is 5.24 Å². The predicted molar refractivity (Wildman–Crippen MR) is 27.7 cm³/mol. The largest absolute Gasteiger partial charge is 0.361 e. The average Bonchev–Trinajstić information content (AvgIpc) is 1.35. The molecule has 0 radical (unpaired) electrons. The summed E-state index contributed by atoms with van der Waals surface area (Å²) in [5, 5.41) is -0.294. The van der Waals surface area contributed by atoms with Crippen LogP contribution in [0.1, 0.15) is 6.92 Å². The molecule has 0 aromatic rings. The van der Waals surface area contributed by atoms with Crippen molar-refractivity contribution >= 4 is 17.0 Å². The summed E-state index contributed by atoms with van der Waals surface area (Å²) in [5.41, 5.74) is 4.73. The lowest BCUT2D eigenvalue weighted by molar-refractivity contribution is 0.267. The van der Waals surface area contributed by atoms with Crippen molar-refractivity contribution in [3.8, 4) is 0 Å². The Morgan fingerprint density at radius 2 is 2.50 bits per heavy atom. The number of nitrogens with two attached hydrogens (primary N) is 1. The van der Waals surface area contributed by atoms with Crippen LogP contribution in [-0.4, -0.2) is 11.0 Å². The molecule has 0 aliphatic rings. The highest BCUT2D eigenvalue weighted by Gasteiger charge is 1.84. The highest BCUT2D eigenvalue weighted by Crippen LogP contribution is 1.94. The second kappa shape index (κ2) is 3.03. The van der Waals surface area contributed by atoms with Crippen molar-refractivity contribution in [1.82, 2.24) is 0 Å². The van der Waals surface area contributed by atoms with Crippen LogP contribution in [0.3, 0.4) is 0 Å². The Hall–Kier alpha value is -0.180. The number of carbonyl (C=O) groups excluding carboxylic acids is 1. The van der Waals surface area contributed by atoms with Gasteiger partial charge in [0.05, 0.1) is 0 Å². The molecule has 0 aromatic carbocycles. The van der Waals surface area contributed by atoms with E-state index in [1.54, 1.807) is 0 Å². The van der Waals surface area contributed by atoms with E-state index in [0.29, 0.717) is 0 Å². The third-order valence-corrected chi connectivity index (χ3v) is 0.860. The zero-order chi connectivity index (χ0) is 4.99. The summed E-state index contributed by atoms with van der Waals surface area (Å²) in [6.07, 6.45) is 0. The first-order valence-corrected chi connectivity index (χ1v) is 2.68. The van der Waals surface area contributed by atoms with E-state index in [4.69, 9.17) is 5.73 Å². The van der Waals surface area contributed by atoms with E-state index in [0.717, 1.165) is 17.5 Å². The summed E-state index contributed by atoms with van der Waals surface area (Å²) < 4.78 is 0. The Morgan fingerprint density at radius 1 is 2.00 bits per heavy atom. The number of thioether (sulfide) groups is 1. The van der Waals surface area contributed by atoms with Crippen LogP contribution in [0.15, 0.2) is 0 Å². The Morgan fingerprint density at radius 3 is 2.50 bits per heavy atom. The lowest BCUT2D eigenvalue weighted by Crippen LogP contribution is -2.01. The molecule has 2 nitrogen and oxygen atoms in total. The van der Waals surface area contributed by atoms with E-state index in [1.807, 2.05) is 6.92 Å². The first-order chi connectivity index (χ1) is 2.77. The Labute approximate surface area is 41.1 Å². The standard InChI is InChI=1S/C3H7NOS/c1-2-6-3(4)5/h2H2,1H3,(H2,4,5). The molecule has 0 aliphatic carbocycles. The number of hydrogen-bond donors (Lipinski definition) is 1. The predicted octanol–water partition coefficient (Wildman–Crippen LogP) is 0.818. The maximum absolute atomic E-state index is 9.78. The molecule has 0 rings (SSSR count). The van der Waals surface area contributed by atoms with E-state index in [1.165, 1.54) is 0 Å². The van der Waals surface area contributed by atoms with E-state index < -0.39 is 0 Å². The SMILES string of the molecule is CCSC(N)=O. The molecule has 3 heteroatoms. The van der Waals surface area contributed by atoms with Gasteiger partial charge in [0.2, 0.25) is 0 Å². The van der Waals surface area contributed by atoms with Crippen LogP contribution in [0.5, 0.6) is 0 Å². The normalized spacial score (nSPS) is 8.17. The minimum atomic E-state index is -0.294. The van der Waals surface area contributed by atoms with Crippen molar-refractivity contribution in [2.24, 2.45) is 5.73 Å². The molecule has 0 heterocycles. The lowest BCUT2D eigenvalue weighted by atomic mass is 11.0. The van der Waals surface area contributed by atoms with Crippen LogP contribution in [0, 0.1) is 0 Å². The van der Waals surface area contributed by atoms with E-state index in [2.05, 4.69) is 0 Å².